The zero-order valence-electron chi connectivity index (χ0n) is 15.0. The Morgan fingerprint density at radius 2 is 2.10 bits per heavy atom. The summed E-state index contributed by atoms with van der Waals surface area (Å²) >= 11 is 1.36. The number of carbonyl (C=O) groups excluding carboxylic acids is 2. The van der Waals surface area contributed by atoms with Gasteiger partial charge < -0.3 is 9.84 Å². The van der Waals surface area contributed by atoms with Crippen LogP contribution in [0.5, 0.6) is 0 Å². The number of β-amino-alcohol motifs (C(OH)–C–C–N with tert-alkyl or cyclic N) is 1. The van der Waals surface area contributed by atoms with Crippen LogP contribution in [0.25, 0.3) is 4.83 Å². The smallest absolute Gasteiger partial charge is 0.410 e. The number of thiazole rings is 1. The summed E-state index contributed by atoms with van der Waals surface area (Å²) < 4.78 is 6.98. The number of hydrogen-bond acceptors (Lipinski definition) is 8. The first-order valence-electron chi connectivity index (χ1n) is 8.73. The van der Waals surface area contributed by atoms with E-state index >= 15 is 0 Å². The summed E-state index contributed by atoms with van der Waals surface area (Å²) in [5.41, 5.74) is 0.765. The SMILES string of the molecule is O=C(c1ncn2ccsc12)[C@@H]1C[C@@H](O)CN1C(=O)OCc1ccc([N+](=O)[O-])cc1. The van der Waals surface area contributed by atoms with Crippen molar-refractivity contribution < 1.29 is 24.4 Å². The summed E-state index contributed by atoms with van der Waals surface area (Å²) in [6.45, 7) is -0.124. The third-order valence-corrected chi connectivity index (χ3v) is 5.59. The van der Waals surface area contributed by atoms with E-state index < -0.39 is 23.2 Å². The maximum Gasteiger partial charge on any atom is 0.410 e. The van der Waals surface area contributed by atoms with Gasteiger partial charge in [0.05, 0.1) is 17.6 Å². The number of aliphatic hydroxyl groups excluding tert-OH is 1. The molecule has 10 nitrogen and oxygen atoms in total. The third kappa shape index (κ3) is 3.69. The molecule has 0 aliphatic carbocycles. The van der Waals surface area contributed by atoms with Crippen molar-refractivity contribution in [1.82, 2.24) is 14.3 Å². The Kier molecular flexibility index (Phi) is 4.99. The molecule has 4 rings (SSSR count). The van der Waals surface area contributed by atoms with Crippen LogP contribution in [0, 0.1) is 10.1 Å². The Labute approximate surface area is 168 Å². The summed E-state index contributed by atoms with van der Waals surface area (Å²) in [7, 11) is 0. The van der Waals surface area contributed by atoms with Crippen molar-refractivity contribution in [2.75, 3.05) is 6.54 Å². The van der Waals surface area contributed by atoms with Gasteiger partial charge in [-0.05, 0) is 17.7 Å². The van der Waals surface area contributed by atoms with E-state index in [2.05, 4.69) is 4.98 Å². The van der Waals surface area contributed by atoms with Crippen LogP contribution in [0.4, 0.5) is 10.5 Å². The molecule has 0 saturated carbocycles. The van der Waals surface area contributed by atoms with Gasteiger partial charge in [-0.1, -0.05) is 0 Å². The van der Waals surface area contributed by atoms with Crippen LogP contribution in [0.15, 0.2) is 42.2 Å². The fourth-order valence-corrected chi connectivity index (χ4v) is 4.08. The van der Waals surface area contributed by atoms with Crippen molar-refractivity contribution >= 4 is 33.7 Å². The minimum Gasteiger partial charge on any atom is -0.445 e. The second-order valence-corrected chi connectivity index (χ2v) is 7.50. The van der Waals surface area contributed by atoms with E-state index in [4.69, 9.17) is 4.74 Å². The summed E-state index contributed by atoms with van der Waals surface area (Å²) in [6, 6.07) is 4.76. The monoisotopic (exact) mass is 416 g/mol. The highest BCUT2D eigenvalue weighted by Crippen LogP contribution is 2.26. The van der Waals surface area contributed by atoms with E-state index in [1.165, 1.54) is 46.8 Å². The van der Waals surface area contributed by atoms with E-state index in [1.807, 2.05) is 5.38 Å². The molecule has 3 aromatic rings. The van der Waals surface area contributed by atoms with E-state index in [0.29, 0.717) is 10.4 Å². The van der Waals surface area contributed by atoms with Crippen LogP contribution in [-0.4, -0.2) is 54.9 Å². The zero-order valence-corrected chi connectivity index (χ0v) is 15.8. The van der Waals surface area contributed by atoms with E-state index in [-0.39, 0.29) is 36.7 Å². The fourth-order valence-electron chi connectivity index (χ4n) is 3.27. The molecule has 1 amide bonds. The van der Waals surface area contributed by atoms with Gasteiger partial charge in [-0.2, -0.15) is 0 Å². The Morgan fingerprint density at radius 3 is 2.83 bits per heavy atom. The normalized spacial score (nSPS) is 18.9. The first kappa shape index (κ1) is 19.0. The van der Waals surface area contributed by atoms with Gasteiger partial charge >= 0.3 is 6.09 Å². The molecule has 2 atom stereocenters. The maximum atomic E-state index is 13.0. The van der Waals surface area contributed by atoms with Gasteiger partial charge in [-0.25, -0.2) is 9.78 Å². The number of likely N-dealkylation sites (tertiary alicyclic amines) is 1. The van der Waals surface area contributed by atoms with Crippen molar-refractivity contribution in [1.29, 1.82) is 0 Å². The Morgan fingerprint density at radius 1 is 1.34 bits per heavy atom. The topological polar surface area (TPSA) is 127 Å². The number of non-ortho nitro benzene ring substituents is 1. The molecule has 150 valence electrons. The molecular formula is C18H16N4O6S. The highest BCUT2D eigenvalue weighted by Gasteiger charge is 2.41. The molecular weight excluding hydrogens is 400 g/mol. The second-order valence-electron chi connectivity index (χ2n) is 6.61. The van der Waals surface area contributed by atoms with Crippen molar-refractivity contribution in [2.45, 2.75) is 25.2 Å². The molecule has 29 heavy (non-hydrogen) atoms. The molecule has 0 spiro atoms. The predicted octanol–water partition coefficient (Wildman–Crippen LogP) is 2.26. The lowest BCUT2D eigenvalue weighted by molar-refractivity contribution is -0.384. The van der Waals surface area contributed by atoms with Gasteiger partial charge in [0.2, 0.25) is 5.78 Å². The van der Waals surface area contributed by atoms with Gasteiger partial charge in [0.1, 0.15) is 29.5 Å². The molecule has 3 heterocycles. The molecule has 0 bridgehead atoms. The quantitative estimate of drug-likeness (QED) is 0.384. The number of nitro groups is 1. The molecule has 1 N–H and O–H groups in total. The minimum absolute atomic E-state index is 0.0169. The lowest BCUT2D eigenvalue weighted by Gasteiger charge is -2.22. The van der Waals surface area contributed by atoms with Crippen LogP contribution < -0.4 is 0 Å². The molecule has 1 aromatic carbocycles. The lowest BCUT2D eigenvalue weighted by atomic mass is 10.1. The molecule has 1 aliphatic rings. The number of hydrogen-bond donors (Lipinski definition) is 1. The van der Waals surface area contributed by atoms with Crippen molar-refractivity contribution in [3.63, 3.8) is 0 Å². The van der Waals surface area contributed by atoms with Gasteiger partial charge in [-0.15, -0.1) is 11.3 Å². The molecule has 0 radical (unpaired) electrons. The molecule has 1 saturated heterocycles. The number of carbonyl (C=O) groups is 2. The number of nitrogens with zero attached hydrogens (tertiary/aromatic N) is 4. The van der Waals surface area contributed by atoms with Crippen molar-refractivity contribution in [2.24, 2.45) is 0 Å². The number of ketones is 1. The maximum absolute atomic E-state index is 13.0. The van der Waals surface area contributed by atoms with Crippen LogP contribution in [-0.2, 0) is 11.3 Å². The standard InChI is InChI=1S/C18H16N4O6S/c23-13-7-14(16(24)15-17-20(10-19-15)5-6-29-17)21(8-13)18(25)28-9-11-1-3-12(4-2-11)22(26)27/h1-6,10,13-14,23H,7-9H2/t13-,14+/m1/s1. The fraction of sp³-hybridized carbons (Fsp3) is 0.278. The van der Waals surface area contributed by atoms with E-state index in [1.54, 1.807) is 10.6 Å². The molecule has 1 aliphatic heterocycles. The number of aromatic nitrogens is 2. The van der Waals surface area contributed by atoms with Gasteiger partial charge in [0.15, 0.2) is 0 Å². The Bertz CT molecular complexity index is 1080. The molecule has 11 heteroatoms. The number of amides is 1. The highest BCUT2D eigenvalue weighted by atomic mass is 32.1. The minimum atomic E-state index is -0.866. The molecule has 2 aromatic heterocycles. The summed E-state index contributed by atoms with van der Waals surface area (Å²) in [5, 5.41) is 22.5. The number of rotatable bonds is 5. The number of fused-ring (bicyclic) bond motifs is 1. The molecule has 1 fully saturated rings. The number of imidazole rings is 1. The number of aliphatic hydroxyl groups is 1. The molecule has 0 unspecified atom stereocenters. The van der Waals surface area contributed by atoms with Crippen LogP contribution >= 0.6 is 11.3 Å². The summed E-state index contributed by atoms with van der Waals surface area (Å²) in [5.74, 6) is -0.348. The summed E-state index contributed by atoms with van der Waals surface area (Å²) in [4.78, 5) is 41.7. The number of benzene rings is 1. The second kappa shape index (κ2) is 7.60. The first-order valence-corrected chi connectivity index (χ1v) is 9.61. The highest BCUT2D eigenvalue weighted by molar-refractivity contribution is 7.15. The van der Waals surface area contributed by atoms with Crippen molar-refractivity contribution in [3.8, 4) is 0 Å². The number of ether oxygens (including phenoxy) is 1. The summed E-state index contributed by atoms with van der Waals surface area (Å²) in [6.07, 6.45) is 1.85. The van der Waals surface area contributed by atoms with Crippen LogP contribution in [0.2, 0.25) is 0 Å². The van der Waals surface area contributed by atoms with Crippen LogP contribution in [0.1, 0.15) is 22.5 Å². The third-order valence-electron chi connectivity index (χ3n) is 4.71. The number of nitro benzene ring substituents is 1. The lowest BCUT2D eigenvalue weighted by Crippen LogP contribution is -2.41. The first-order chi connectivity index (χ1) is 13.9. The van der Waals surface area contributed by atoms with Gasteiger partial charge in [-0.3, -0.25) is 24.2 Å². The van der Waals surface area contributed by atoms with Crippen molar-refractivity contribution in [3.05, 3.63) is 63.5 Å². The van der Waals surface area contributed by atoms with Crippen LogP contribution in [0.3, 0.4) is 0 Å². The van der Waals surface area contributed by atoms with E-state index in [9.17, 15) is 24.8 Å². The Hall–Kier alpha value is -3.31. The number of Topliss-reactive ketones (excluding diaryl/α,β-unsaturated/α-hetero) is 1. The van der Waals surface area contributed by atoms with Gasteiger partial charge in [0, 0.05) is 30.1 Å². The largest absolute Gasteiger partial charge is 0.445 e. The predicted molar refractivity (Wildman–Crippen MR) is 102 cm³/mol. The average molecular weight is 416 g/mol. The average Bonchev–Trinajstić information content (AvgIpc) is 3.41. The Balaban J connectivity index is 1.45. The zero-order chi connectivity index (χ0) is 20.5. The van der Waals surface area contributed by atoms with E-state index in [0.717, 1.165) is 0 Å². The van der Waals surface area contributed by atoms with Gasteiger partial charge in [0.25, 0.3) is 5.69 Å².